The lowest BCUT2D eigenvalue weighted by molar-refractivity contribution is -0.384. The number of carbonyl (C=O) groups excluding carboxylic acids is 2. The summed E-state index contributed by atoms with van der Waals surface area (Å²) >= 11 is 0. The van der Waals surface area contributed by atoms with Crippen molar-refractivity contribution in [1.29, 1.82) is 0 Å². The molecule has 2 aromatic heterocycles. The number of aromatic nitrogens is 1. The van der Waals surface area contributed by atoms with Crippen LogP contribution in [0.3, 0.4) is 0 Å². The molecule has 4 atom stereocenters. The van der Waals surface area contributed by atoms with E-state index in [0.717, 1.165) is 27.3 Å². The van der Waals surface area contributed by atoms with Gasteiger partial charge in [-0.05, 0) is 85.0 Å². The van der Waals surface area contributed by atoms with Crippen LogP contribution in [0.2, 0.25) is 6.32 Å². The summed E-state index contributed by atoms with van der Waals surface area (Å²) in [4.78, 5) is 44.3. The minimum atomic E-state index is -1.13. The normalized spacial score (nSPS) is 23.5. The van der Waals surface area contributed by atoms with E-state index in [1.807, 2.05) is 24.3 Å². The van der Waals surface area contributed by atoms with E-state index in [-0.39, 0.29) is 36.1 Å². The Bertz CT molecular complexity index is 1680. The quantitative estimate of drug-likeness (QED) is 0.111. The maximum Gasteiger partial charge on any atom is 0.455 e. The molecule has 3 aliphatic rings. The van der Waals surface area contributed by atoms with Crippen molar-refractivity contribution in [2.75, 3.05) is 4.90 Å². The average molecular weight is 611 g/mol. The van der Waals surface area contributed by atoms with Crippen molar-refractivity contribution in [3.8, 4) is 0 Å². The number of benzene rings is 1. The number of nitrogens with zero attached hydrogens (tertiary/aromatic N) is 3. The first-order chi connectivity index (χ1) is 21.7. The third-order valence-electron chi connectivity index (χ3n) is 9.06. The number of imide groups is 1. The number of allylic oxidation sites excluding steroid dienone is 2. The van der Waals surface area contributed by atoms with E-state index in [4.69, 9.17) is 9.07 Å². The van der Waals surface area contributed by atoms with Gasteiger partial charge >= 0.3 is 7.12 Å². The molecule has 6 rings (SSSR count). The summed E-state index contributed by atoms with van der Waals surface area (Å²) in [6.07, 6.45) is 4.60. The van der Waals surface area contributed by atoms with Crippen molar-refractivity contribution >= 4 is 42.0 Å². The van der Waals surface area contributed by atoms with E-state index < -0.39 is 41.8 Å². The van der Waals surface area contributed by atoms with Gasteiger partial charge in [-0.2, -0.15) is 0 Å². The highest BCUT2D eigenvalue weighted by Gasteiger charge is 2.58. The summed E-state index contributed by atoms with van der Waals surface area (Å²) in [6.45, 7) is 3.89. The molecule has 0 unspecified atom stereocenters. The number of non-ortho nitro benzene ring substituents is 1. The van der Waals surface area contributed by atoms with Crippen molar-refractivity contribution in [3.05, 3.63) is 99.3 Å². The van der Waals surface area contributed by atoms with Gasteiger partial charge in [-0.25, -0.2) is 4.90 Å². The molecule has 4 heterocycles. The Morgan fingerprint density at radius 1 is 1.16 bits per heavy atom. The standard InChI is InChI=1S/C33H34BN3O8/c1-19(2)25-16-26-31(33(40)36(32(26)39)21-6-5-7-22(15-21)37(42)43)27-17-34(41)45-29(30(25)27)12-9-20(28-8-3-4-13-35-28)14-23-10-11-24(18-38)44-23/h3-8,10-11,13-15,19,26-27,29,31,38,41H,9,12,16-18H2,1-2H3/b20-14-/t26-,27+,29-,31-/m1/s1. The van der Waals surface area contributed by atoms with Crippen LogP contribution in [0.1, 0.15) is 50.3 Å². The molecule has 2 amide bonds. The fraction of sp³-hybridized carbons (Fsp3) is 0.364. The van der Waals surface area contributed by atoms with Gasteiger partial charge in [0.15, 0.2) is 0 Å². The lowest BCUT2D eigenvalue weighted by atomic mass is 9.57. The molecule has 2 saturated heterocycles. The lowest BCUT2D eigenvalue weighted by Gasteiger charge is -2.44. The first-order valence-corrected chi connectivity index (χ1v) is 15.2. The third-order valence-corrected chi connectivity index (χ3v) is 9.06. The van der Waals surface area contributed by atoms with E-state index in [1.54, 1.807) is 18.3 Å². The van der Waals surface area contributed by atoms with Crippen LogP contribution in [-0.4, -0.2) is 45.1 Å². The minimum Gasteiger partial charge on any atom is -0.459 e. The highest BCUT2D eigenvalue weighted by atomic mass is 16.6. The molecule has 2 fully saturated rings. The number of fused-ring (bicyclic) bond motifs is 3. The second-order valence-corrected chi connectivity index (χ2v) is 12.1. The summed E-state index contributed by atoms with van der Waals surface area (Å²) in [5.74, 6) is -1.46. The predicted molar refractivity (Wildman–Crippen MR) is 166 cm³/mol. The highest BCUT2D eigenvalue weighted by Crippen LogP contribution is 2.52. The number of anilines is 1. The van der Waals surface area contributed by atoms with E-state index in [2.05, 4.69) is 18.8 Å². The average Bonchev–Trinajstić information content (AvgIpc) is 3.59. The Kier molecular flexibility index (Phi) is 8.54. The lowest BCUT2D eigenvalue weighted by Crippen LogP contribution is -2.46. The molecule has 12 heteroatoms. The molecule has 2 aliphatic heterocycles. The van der Waals surface area contributed by atoms with Crippen molar-refractivity contribution in [2.24, 2.45) is 23.7 Å². The van der Waals surface area contributed by atoms with Crippen molar-refractivity contribution in [1.82, 2.24) is 4.98 Å². The Morgan fingerprint density at radius 2 is 1.98 bits per heavy atom. The predicted octanol–water partition coefficient (Wildman–Crippen LogP) is 5.05. The third kappa shape index (κ3) is 5.88. The van der Waals surface area contributed by atoms with Crippen LogP contribution in [0.25, 0.3) is 11.6 Å². The Morgan fingerprint density at radius 3 is 2.67 bits per heavy atom. The van der Waals surface area contributed by atoms with Gasteiger partial charge in [0, 0.05) is 18.3 Å². The van der Waals surface area contributed by atoms with Gasteiger partial charge in [-0.1, -0.05) is 31.6 Å². The molecule has 45 heavy (non-hydrogen) atoms. The fourth-order valence-corrected chi connectivity index (χ4v) is 7.09. The molecular formula is C33H34BN3O8. The Labute approximate surface area is 260 Å². The monoisotopic (exact) mass is 611 g/mol. The van der Waals surface area contributed by atoms with Crippen LogP contribution in [0.5, 0.6) is 0 Å². The molecule has 0 bridgehead atoms. The van der Waals surface area contributed by atoms with E-state index >= 15 is 0 Å². The molecule has 0 saturated carbocycles. The Hall–Kier alpha value is -4.39. The SMILES string of the molecule is CC(C)C1=C2[C@@H](CC/C(=C/c3ccc(CO)o3)c3ccccn3)OB(O)C[C@@H]2[C@@H]2C(=O)N(c3cccc([N+](=O)[O-])c3)C(=O)[C@@H]2C1. The number of nitro groups is 1. The van der Waals surface area contributed by atoms with Crippen LogP contribution in [0.15, 0.2) is 76.4 Å². The number of rotatable bonds is 9. The molecule has 0 radical (unpaired) electrons. The van der Waals surface area contributed by atoms with Gasteiger partial charge in [0.05, 0.1) is 34.2 Å². The zero-order chi connectivity index (χ0) is 31.8. The van der Waals surface area contributed by atoms with Gasteiger partial charge in [0.1, 0.15) is 18.1 Å². The van der Waals surface area contributed by atoms with Crippen LogP contribution in [0.4, 0.5) is 11.4 Å². The summed E-state index contributed by atoms with van der Waals surface area (Å²) in [5.41, 5.74) is 3.60. The maximum atomic E-state index is 14.0. The molecule has 232 valence electrons. The molecule has 3 aromatic rings. The Balaban J connectivity index is 1.33. The number of furan rings is 1. The largest absolute Gasteiger partial charge is 0.459 e. The van der Waals surface area contributed by atoms with Crippen LogP contribution in [-0.2, 0) is 20.9 Å². The van der Waals surface area contributed by atoms with Gasteiger partial charge < -0.3 is 19.2 Å². The molecule has 2 N–H and O–H groups in total. The van der Waals surface area contributed by atoms with E-state index in [9.17, 15) is 29.8 Å². The van der Waals surface area contributed by atoms with Crippen LogP contribution < -0.4 is 4.90 Å². The van der Waals surface area contributed by atoms with Gasteiger partial charge in [0.2, 0.25) is 11.8 Å². The topological polar surface area (TPSA) is 156 Å². The smallest absolute Gasteiger partial charge is 0.455 e. The molecule has 0 spiro atoms. The molecule has 11 nitrogen and oxygen atoms in total. The maximum absolute atomic E-state index is 14.0. The van der Waals surface area contributed by atoms with Crippen molar-refractivity contribution in [3.63, 3.8) is 0 Å². The molecule has 1 aromatic carbocycles. The molecule has 1 aliphatic carbocycles. The van der Waals surface area contributed by atoms with E-state index in [1.165, 1.54) is 24.3 Å². The number of hydrogen-bond acceptors (Lipinski definition) is 9. The summed E-state index contributed by atoms with van der Waals surface area (Å²) in [5, 5.41) is 31.8. The summed E-state index contributed by atoms with van der Waals surface area (Å²) < 4.78 is 11.9. The number of amides is 2. The van der Waals surface area contributed by atoms with Crippen LogP contribution >= 0.6 is 0 Å². The van der Waals surface area contributed by atoms with Crippen molar-refractivity contribution < 1.29 is 33.7 Å². The van der Waals surface area contributed by atoms with E-state index in [0.29, 0.717) is 30.8 Å². The zero-order valence-electron chi connectivity index (χ0n) is 25.0. The van der Waals surface area contributed by atoms with Gasteiger partial charge in [-0.3, -0.25) is 24.7 Å². The number of pyridine rings is 1. The van der Waals surface area contributed by atoms with Crippen molar-refractivity contribution in [2.45, 2.75) is 52.1 Å². The summed E-state index contributed by atoms with van der Waals surface area (Å²) in [7, 11) is -1.13. The second kappa shape index (κ2) is 12.5. The number of aliphatic hydroxyl groups is 1. The number of aliphatic hydroxyl groups excluding tert-OH is 1. The number of carbonyl (C=O) groups is 2. The highest BCUT2D eigenvalue weighted by molar-refractivity contribution is 6.43. The van der Waals surface area contributed by atoms with Gasteiger partial charge in [-0.15, -0.1) is 0 Å². The molecular weight excluding hydrogens is 577 g/mol. The number of hydrogen-bond donors (Lipinski definition) is 2. The van der Waals surface area contributed by atoms with Gasteiger partial charge in [0.25, 0.3) is 5.69 Å². The van der Waals surface area contributed by atoms with Crippen LogP contribution in [0, 0.1) is 33.8 Å². The first-order valence-electron chi connectivity index (χ1n) is 15.2. The summed E-state index contributed by atoms with van der Waals surface area (Å²) in [6, 6.07) is 14.7. The number of nitro benzene ring substituents is 1. The second-order valence-electron chi connectivity index (χ2n) is 12.1. The zero-order valence-corrected chi connectivity index (χ0v) is 25.0. The first kappa shape index (κ1) is 30.6. The fourth-order valence-electron chi connectivity index (χ4n) is 7.09. The minimum absolute atomic E-state index is 0.0605.